The van der Waals surface area contributed by atoms with Gasteiger partial charge in [0.2, 0.25) is 0 Å². The third kappa shape index (κ3) is 1.38. The van der Waals surface area contributed by atoms with Crippen LogP contribution in [-0.2, 0) is 14.3 Å². The van der Waals surface area contributed by atoms with Crippen LogP contribution in [0.15, 0.2) is 5.16 Å². The maximum absolute atomic E-state index is 10.1. The minimum atomic E-state index is -0.881. The molecule has 0 spiro atoms. The highest BCUT2D eigenvalue weighted by molar-refractivity contribution is 5.92. The number of ether oxygens (including phenoxy) is 2. The minimum Gasteiger partial charge on any atom is -0.411 e. The second-order valence-corrected chi connectivity index (χ2v) is 2.99. The molecule has 0 saturated carbocycles. The van der Waals surface area contributed by atoms with E-state index in [1.54, 1.807) is 0 Å². The van der Waals surface area contributed by atoms with Gasteiger partial charge in [0.05, 0.1) is 13.2 Å². The predicted molar refractivity (Wildman–Crippen MR) is 40.6 cm³/mol. The minimum absolute atomic E-state index is 0.0648. The molecule has 0 aromatic carbocycles. The van der Waals surface area contributed by atoms with Crippen LogP contribution in [0, 0.1) is 10.1 Å². The van der Waals surface area contributed by atoms with Crippen molar-refractivity contribution < 1.29 is 24.6 Å². The summed E-state index contributed by atoms with van der Waals surface area (Å²) in [7, 11) is 0. The molecular formula is C6H8N2O6. The number of fused-ring (bicyclic) bond motifs is 1. The number of rotatable bonds is 2. The molecule has 1 N–H and O–H groups in total. The van der Waals surface area contributed by atoms with Crippen molar-refractivity contribution in [1.29, 1.82) is 0 Å². The maximum atomic E-state index is 10.1. The van der Waals surface area contributed by atoms with E-state index < -0.39 is 23.4 Å². The molecule has 0 bridgehead atoms. The fourth-order valence-electron chi connectivity index (χ4n) is 1.61. The summed E-state index contributed by atoms with van der Waals surface area (Å²) < 4.78 is 10.3. The van der Waals surface area contributed by atoms with Gasteiger partial charge in [0.15, 0.2) is 6.10 Å². The van der Waals surface area contributed by atoms with Gasteiger partial charge in [-0.25, -0.2) is 0 Å². The number of oxime groups is 1. The molecule has 2 rings (SSSR count). The summed E-state index contributed by atoms with van der Waals surface area (Å²) in [5.74, 6) is 0. The lowest BCUT2D eigenvalue weighted by Crippen LogP contribution is -2.32. The Morgan fingerprint density at radius 2 is 2.43 bits per heavy atom. The topological polar surface area (TPSA) is 103 Å². The van der Waals surface area contributed by atoms with Crippen LogP contribution in [0.25, 0.3) is 0 Å². The van der Waals surface area contributed by atoms with E-state index in [9.17, 15) is 10.1 Å². The molecule has 3 atom stereocenters. The highest BCUT2D eigenvalue weighted by Gasteiger charge is 2.48. The van der Waals surface area contributed by atoms with Crippen LogP contribution in [-0.4, -0.2) is 47.5 Å². The summed E-state index contributed by atoms with van der Waals surface area (Å²) in [6.45, 7) is 0.179. The summed E-state index contributed by atoms with van der Waals surface area (Å²) in [5.41, 5.74) is 0.337. The van der Waals surface area contributed by atoms with E-state index >= 15 is 0 Å². The van der Waals surface area contributed by atoms with E-state index in [0.717, 1.165) is 0 Å². The summed E-state index contributed by atoms with van der Waals surface area (Å²) in [4.78, 5) is 14.4. The summed E-state index contributed by atoms with van der Waals surface area (Å²) in [6, 6.07) is 0. The number of nitrogens with zero attached hydrogens (tertiary/aromatic N) is 2. The van der Waals surface area contributed by atoms with Crippen LogP contribution in [0.4, 0.5) is 0 Å². The lowest BCUT2D eigenvalue weighted by Gasteiger charge is -2.12. The zero-order valence-corrected chi connectivity index (χ0v) is 7.03. The highest BCUT2D eigenvalue weighted by atomic mass is 17.0. The van der Waals surface area contributed by atoms with E-state index in [1.807, 2.05) is 0 Å². The predicted octanol–water partition coefficient (Wildman–Crippen LogP) is -0.809. The molecule has 0 amide bonds. The van der Waals surface area contributed by atoms with Crippen molar-refractivity contribution in [2.24, 2.45) is 5.16 Å². The van der Waals surface area contributed by atoms with Gasteiger partial charge >= 0.3 is 0 Å². The zero-order chi connectivity index (χ0) is 10.1. The van der Waals surface area contributed by atoms with E-state index in [-0.39, 0.29) is 13.2 Å². The Hall–Kier alpha value is -1.41. The molecule has 2 heterocycles. The number of hydrogen-bond donors (Lipinski definition) is 1. The molecule has 0 aliphatic carbocycles. The van der Waals surface area contributed by atoms with E-state index in [4.69, 9.17) is 14.7 Å². The molecule has 78 valence electrons. The van der Waals surface area contributed by atoms with Crippen molar-refractivity contribution in [1.82, 2.24) is 0 Å². The van der Waals surface area contributed by atoms with E-state index in [1.165, 1.54) is 0 Å². The van der Waals surface area contributed by atoms with Crippen LogP contribution in [0.5, 0.6) is 0 Å². The van der Waals surface area contributed by atoms with E-state index in [0.29, 0.717) is 5.71 Å². The third-order valence-corrected chi connectivity index (χ3v) is 2.21. The first-order valence-corrected chi connectivity index (χ1v) is 3.97. The van der Waals surface area contributed by atoms with Gasteiger partial charge in [0.1, 0.15) is 17.9 Å². The van der Waals surface area contributed by atoms with Crippen molar-refractivity contribution in [3.05, 3.63) is 10.1 Å². The number of hydrogen-bond acceptors (Lipinski definition) is 7. The molecule has 8 nitrogen and oxygen atoms in total. The third-order valence-electron chi connectivity index (χ3n) is 2.21. The second kappa shape index (κ2) is 3.39. The van der Waals surface area contributed by atoms with Crippen molar-refractivity contribution in [3.63, 3.8) is 0 Å². The average Bonchev–Trinajstić information content (AvgIpc) is 2.67. The van der Waals surface area contributed by atoms with Gasteiger partial charge < -0.3 is 19.5 Å². The van der Waals surface area contributed by atoms with Gasteiger partial charge in [-0.2, -0.15) is 0 Å². The van der Waals surface area contributed by atoms with Crippen LogP contribution in [0.2, 0.25) is 0 Å². The first kappa shape index (κ1) is 9.16. The van der Waals surface area contributed by atoms with Crippen molar-refractivity contribution in [2.45, 2.75) is 18.3 Å². The van der Waals surface area contributed by atoms with Crippen LogP contribution in [0.1, 0.15) is 0 Å². The second-order valence-electron chi connectivity index (χ2n) is 2.99. The van der Waals surface area contributed by atoms with Gasteiger partial charge in [-0.15, -0.1) is 10.1 Å². The fourth-order valence-corrected chi connectivity index (χ4v) is 1.61. The molecule has 2 aliphatic heterocycles. The highest BCUT2D eigenvalue weighted by Crippen LogP contribution is 2.26. The lowest BCUT2D eigenvalue weighted by molar-refractivity contribution is -0.769. The Morgan fingerprint density at radius 1 is 1.64 bits per heavy atom. The lowest BCUT2D eigenvalue weighted by atomic mass is 10.1. The molecule has 0 aromatic rings. The molecule has 2 saturated heterocycles. The first-order valence-electron chi connectivity index (χ1n) is 3.97. The molecular weight excluding hydrogens is 196 g/mol. The fraction of sp³-hybridized carbons (Fsp3) is 0.833. The summed E-state index contributed by atoms with van der Waals surface area (Å²) in [5, 5.41) is 20.7. The zero-order valence-electron chi connectivity index (χ0n) is 7.03. The Bertz CT molecular complexity index is 279. The van der Waals surface area contributed by atoms with Gasteiger partial charge in [-0.1, -0.05) is 5.16 Å². The standard InChI is InChI=1S/C6H8N2O6/c9-7-3-1-12-6-4(14-8(10)11)2-13-5(3)6/h4-6,9H,1-2H2/b7-3+/t4-,5-,6-/m1/s1. The SMILES string of the molecule is O=[N+]([O-])O[C@@H]1CO[C@@H]2/C(=N/O)CO[C@@H]21. The smallest absolute Gasteiger partial charge is 0.294 e. The van der Waals surface area contributed by atoms with Gasteiger partial charge in [-0.3, -0.25) is 0 Å². The molecule has 0 unspecified atom stereocenters. The Kier molecular flexibility index (Phi) is 2.22. The average molecular weight is 204 g/mol. The Balaban J connectivity index is 2.04. The largest absolute Gasteiger partial charge is 0.411 e. The summed E-state index contributed by atoms with van der Waals surface area (Å²) >= 11 is 0. The van der Waals surface area contributed by atoms with Crippen LogP contribution >= 0.6 is 0 Å². The normalized spacial score (nSPS) is 38.6. The molecule has 14 heavy (non-hydrogen) atoms. The maximum Gasteiger partial charge on any atom is 0.294 e. The monoisotopic (exact) mass is 204 g/mol. The van der Waals surface area contributed by atoms with Gasteiger partial charge in [-0.05, 0) is 0 Å². The van der Waals surface area contributed by atoms with Crippen LogP contribution < -0.4 is 0 Å². The quantitative estimate of drug-likeness (QED) is 0.358. The van der Waals surface area contributed by atoms with Crippen molar-refractivity contribution in [3.8, 4) is 0 Å². The van der Waals surface area contributed by atoms with Gasteiger partial charge in [0, 0.05) is 0 Å². The molecule has 2 aliphatic rings. The summed E-state index contributed by atoms with van der Waals surface area (Å²) in [6.07, 6.45) is -1.81. The molecule has 0 radical (unpaired) electrons. The molecule has 2 fully saturated rings. The Labute approximate surface area is 78.1 Å². The van der Waals surface area contributed by atoms with Gasteiger partial charge in [0.25, 0.3) is 5.09 Å². The first-order chi connectivity index (χ1) is 6.72. The van der Waals surface area contributed by atoms with E-state index in [2.05, 4.69) is 9.99 Å². The Morgan fingerprint density at radius 3 is 3.07 bits per heavy atom. The van der Waals surface area contributed by atoms with Crippen LogP contribution in [0.3, 0.4) is 0 Å². The van der Waals surface area contributed by atoms with Crippen molar-refractivity contribution in [2.75, 3.05) is 13.2 Å². The van der Waals surface area contributed by atoms with Crippen molar-refractivity contribution >= 4 is 5.71 Å². The molecule has 0 aromatic heterocycles. The molecule has 8 heteroatoms.